The van der Waals surface area contributed by atoms with Crippen LogP contribution >= 0.6 is 24.8 Å². The van der Waals surface area contributed by atoms with Gasteiger partial charge in [-0.25, -0.2) is 0 Å². The van der Waals surface area contributed by atoms with Gasteiger partial charge >= 0.3 is 0 Å². The molecule has 0 saturated carbocycles. The third-order valence-corrected chi connectivity index (χ3v) is 5.21. The Morgan fingerprint density at radius 1 is 1.07 bits per heavy atom. The second-order valence-electron chi connectivity index (χ2n) is 7.40. The average Bonchev–Trinajstić information content (AvgIpc) is 2.72. The highest BCUT2D eigenvalue weighted by Gasteiger charge is 2.23. The van der Waals surface area contributed by atoms with E-state index in [1.807, 2.05) is 42.5 Å². The minimum atomic E-state index is -0.677. The first-order chi connectivity index (χ1) is 13.5. The third kappa shape index (κ3) is 7.29. The van der Waals surface area contributed by atoms with Gasteiger partial charge in [-0.05, 0) is 36.1 Å². The van der Waals surface area contributed by atoms with Gasteiger partial charge in [-0.15, -0.1) is 24.8 Å². The van der Waals surface area contributed by atoms with Crippen molar-refractivity contribution in [2.24, 2.45) is 17.4 Å². The van der Waals surface area contributed by atoms with E-state index in [0.717, 1.165) is 42.6 Å². The van der Waals surface area contributed by atoms with Gasteiger partial charge in [0.1, 0.15) is 6.04 Å². The lowest BCUT2D eigenvalue weighted by molar-refractivity contribution is -0.124. The molecule has 1 aliphatic rings. The summed E-state index contributed by atoms with van der Waals surface area (Å²) in [5.41, 5.74) is 14.5. The van der Waals surface area contributed by atoms with Crippen LogP contribution < -0.4 is 16.8 Å². The zero-order valence-electron chi connectivity index (χ0n) is 16.8. The number of nitrogens with one attached hydrogen (secondary N) is 1. The number of likely N-dealkylation sites (tertiary alicyclic amines) is 1. The van der Waals surface area contributed by atoms with Gasteiger partial charge in [0.15, 0.2) is 0 Å². The lowest BCUT2D eigenvalue weighted by Crippen LogP contribution is -2.40. The molecule has 8 heteroatoms. The number of carbonyl (C=O) groups is 2. The Kier molecular flexibility index (Phi) is 10.8. The summed E-state index contributed by atoms with van der Waals surface area (Å²) in [7, 11) is 0. The minimum Gasteiger partial charge on any atom is -0.369 e. The van der Waals surface area contributed by atoms with Crippen molar-refractivity contribution in [1.82, 2.24) is 10.2 Å². The lowest BCUT2D eigenvalue weighted by Gasteiger charge is -2.31. The number of primary amides is 1. The predicted octanol–water partition coefficient (Wildman–Crippen LogP) is 2.54. The Bertz CT molecular complexity index is 820. The van der Waals surface area contributed by atoms with E-state index in [0.29, 0.717) is 13.1 Å². The highest BCUT2D eigenvalue weighted by Crippen LogP contribution is 2.19. The molecule has 2 unspecified atom stereocenters. The topological polar surface area (TPSA) is 101 Å². The predicted molar refractivity (Wildman–Crippen MR) is 123 cm³/mol. The van der Waals surface area contributed by atoms with Gasteiger partial charge in [-0.1, -0.05) is 54.6 Å². The number of amides is 2. The van der Waals surface area contributed by atoms with Gasteiger partial charge < -0.3 is 16.8 Å². The lowest BCUT2D eigenvalue weighted by atomic mass is 9.97. The van der Waals surface area contributed by atoms with Crippen molar-refractivity contribution in [3.8, 4) is 0 Å². The van der Waals surface area contributed by atoms with Crippen LogP contribution in [0.15, 0.2) is 54.6 Å². The summed E-state index contributed by atoms with van der Waals surface area (Å²) in [6.45, 7) is 2.88. The Morgan fingerprint density at radius 2 is 1.77 bits per heavy atom. The maximum absolute atomic E-state index is 12.3. The molecule has 0 bridgehead atoms. The van der Waals surface area contributed by atoms with E-state index in [1.165, 1.54) is 0 Å². The summed E-state index contributed by atoms with van der Waals surface area (Å²) in [4.78, 5) is 26.1. The molecule has 3 rings (SSSR count). The molecule has 0 aliphatic carbocycles. The van der Waals surface area contributed by atoms with Crippen LogP contribution in [0.4, 0.5) is 0 Å². The molecule has 1 aliphatic heterocycles. The SMILES string of the molecule is Cl.Cl.NC(=O)C1CCCN(Cc2cccc(CNC(=O)C(N)c3ccccc3)c2)C1. The van der Waals surface area contributed by atoms with E-state index in [4.69, 9.17) is 11.5 Å². The first kappa shape index (κ1) is 25.9. The number of hydrogen-bond donors (Lipinski definition) is 3. The van der Waals surface area contributed by atoms with Crippen molar-refractivity contribution >= 4 is 36.6 Å². The molecule has 2 aromatic carbocycles. The largest absolute Gasteiger partial charge is 0.369 e. The van der Waals surface area contributed by atoms with Crippen LogP contribution in [0.3, 0.4) is 0 Å². The highest BCUT2D eigenvalue weighted by molar-refractivity contribution is 5.85. The maximum atomic E-state index is 12.3. The molecule has 30 heavy (non-hydrogen) atoms. The van der Waals surface area contributed by atoms with Crippen LogP contribution in [0, 0.1) is 5.92 Å². The molecular formula is C22H30Cl2N4O2. The zero-order chi connectivity index (χ0) is 19.9. The van der Waals surface area contributed by atoms with Crippen molar-refractivity contribution in [3.63, 3.8) is 0 Å². The van der Waals surface area contributed by atoms with E-state index in [1.54, 1.807) is 0 Å². The Hall–Kier alpha value is -2.12. The molecule has 6 nitrogen and oxygen atoms in total. The molecule has 2 aromatic rings. The van der Waals surface area contributed by atoms with Crippen molar-refractivity contribution < 1.29 is 9.59 Å². The highest BCUT2D eigenvalue weighted by atomic mass is 35.5. The summed E-state index contributed by atoms with van der Waals surface area (Å²) >= 11 is 0. The number of benzene rings is 2. The number of carbonyl (C=O) groups excluding carboxylic acids is 2. The van der Waals surface area contributed by atoms with Crippen LogP contribution in [-0.4, -0.2) is 29.8 Å². The Balaban J connectivity index is 0.00000225. The van der Waals surface area contributed by atoms with Crippen molar-refractivity contribution in [1.29, 1.82) is 0 Å². The summed E-state index contributed by atoms with van der Waals surface area (Å²) in [5, 5.41) is 2.91. The minimum absolute atomic E-state index is 0. The Labute approximate surface area is 190 Å². The molecule has 2 amide bonds. The molecule has 1 saturated heterocycles. The second-order valence-corrected chi connectivity index (χ2v) is 7.40. The quantitative estimate of drug-likeness (QED) is 0.600. The number of hydrogen-bond acceptors (Lipinski definition) is 4. The first-order valence-electron chi connectivity index (χ1n) is 9.70. The normalized spacial score (nSPS) is 17.2. The fourth-order valence-electron chi connectivity index (χ4n) is 3.64. The molecule has 5 N–H and O–H groups in total. The van der Waals surface area contributed by atoms with E-state index >= 15 is 0 Å². The third-order valence-electron chi connectivity index (χ3n) is 5.21. The summed E-state index contributed by atoms with van der Waals surface area (Å²) in [6, 6.07) is 16.8. The van der Waals surface area contributed by atoms with E-state index in [9.17, 15) is 9.59 Å². The first-order valence-corrected chi connectivity index (χ1v) is 9.70. The number of halogens is 2. The molecule has 164 valence electrons. The van der Waals surface area contributed by atoms with Gasteiger partial charge in [-0.3, -0.25) is 14.5 Å². The average molecular weight is 453 g/mol. The van der Waals surface area contributed by atoms with E-state index in [-0.39, 0.29) is 42.5 Å². The molecule has 0 radical (unpaired) electrons. The van der Waals surface area contributed by atoms with Crippen LogP contribution in [0.1, 0.15) is 35.6 Å². The van der Waals surface area contributed by atoms with Crippen molar-refractivity contribution in [3.05, 3.63) is 71.3 Å². The van der Waals surface area contributed by atoms with E-state index in [2.05, 4.69) is 22.3 Å². The number of nitrogens with two attached hydrogens (primary N) is 2. The van der Waals surface area contributed by atoms with E-state index < -0.39 is 6.04 Å². The molecule has 2 atom stereocenters. The summed E-state index contributed by atoms with van der Waals surface area (Å²) in [5.74, 6) is -0.469. The zero-order valence-corrected chi connectivity index (χ0v) is 18.5. The molecule has 0 aromatic heterocycles. The van der Waals surface area contributed by atoms with Crippen molar-refractivity contribution in [2.75, 3.05) is 13.1 Å². The molecule has 1 heterocycles. The standard InChI is InChI=1S/C22H28N4O2.2ClH/c23-20(18-8-2-1-3-9-18)22(28)25-13-16-6-4-7-17(12-16)14-26-11-5-10-19(15-26)21(24)27;;/h1-4,6-9,12,19-20H,5,10-11,13-15,23H2,(H2,24,27)(H,25,28);2*1H. The molecular weight excluding hydrogens is 423 g/mol. The molecule has 0 spiro atoms. The van der Waals surface area contributed by atoms with Crippen LogP contribution in [0.5, 0.6) is 0 Å². The van der Waals surface area contributed by atoms with Gasteiger partial charge in [0, 0.05) is 19.6 Å². The Morgan fingerprint density at radius 3 is 2.47 bits per heavy atom. The summed E-state index contributed by atoms with van der Waals surface area (Å²) in [6.07, 6.45) is 1.86. The second kappa shape index (κ2) is 12.5. The van der Waals surface area contributed by atoms with Crippen LogP contribution in [-0.2, 0) is 22.7 Å². The van der Waals surface area contributed by atoms with Gasteiger partial charge in [0.25, 0.3) is 0 Å². The number of nitrogens with zero attached hydrogens (tertiary/aromatic N) is 1. The fraction of sp³-hybridized carbons (Fsp3) is 0.364. The van der Waals surface area contributed by atoms with Gasteiger partial charge in [-0.2, -0.15) is 0 Å². The molecule has 1 fully saturated rings. The number of rotatable bonds is 7. The number of piperidine rings is 1. The van der Waals surface area contributed by atoms with Gasteiger partial charge in [0.2, 0.25) is 11.8 Å². The fourth-order valence-corrected chi connectivity index (χ4v) is 3.64. The smallest absolute Gasteiger partial charge is 0.241 e. The van der Waals surface area contributed by atoms with Crippen LogP contribution in [0.2, 0.25) is 0 Å². The monoisotopic (exact) mass is 452 g/mol. The maximum Gasteiger partial charge on any atom is 0.241 e. The van der Waals surface area contributed by atoms with Crippen LogP contribution in [0.25, 0.3) is 0 Å². The summed E-state index contributed by atoms with van der Waals surface area (Å²) < 4.78 is 0. The van der Waals surface area contributed by atoms with Crippen molar-refractivity contribution in [2.45, 2.75) is 32.0 Å². The van der Waals surface area contributed by atoms with Gasteiger partial charge in [0.05, 0.1) is 5.92 Å².